The lowest BCUT2D eigenvalue weighted by molar-refractivity contribution is -0.384. The number of allylic oxidation sites excluding steroid dienone is 1. The third-order valence-corrected chi connectivity index (χ3v) is 2.86. The van der Waals surface area contributed by atoms with Crippen LogP contribution in [0.1, 0.15) is 12.8 Å². The Labute approximate surface area is 105 Å². The topological polar surface area (TPSA) is 71.1 Å². The van der Waals surface area contributed by atoms with E-state index in [-0.39, 0.29) is 5.69 Å². The fraction of sp³-hybridized carbons (Fsp3) is 0.333. The van der Waals surface area contributed by atoms with Gasteiger partial charge in [0.2, 0.25) is 0 Å². The predicted molar refractivity (Wildman–Crippen MR) is 67.6 cm³/mol. The number of benzene rings is 1. The van der Waals surface area contributed by atoms with Crippen molar-refractivity contribution < 1.29 is 4.92 Å². The van der Waals surface area contributed by atoms with E-state index in [0.717, 1.165) is 19.4 Å². The van der Waals surface area contributed by atoms with Crippen LogP contribution in [0.2, 0.25) is 0 Å². The molecule has 0 spiro atoms. The van der Waals surface area contributed by atoms with Crippen LogP contribution in [0.3, 0.4) is 0 Å². The van der Waals surface area contributed by atoms with Gasteiger partial charge in [0.25, 0.3) is 5.69 Å². The number of hydrogen-bond donors (Lipinski definition) is 0. The Bertz CT molecular complexity index is 493. The Morgan fingerprint density at radius 2 is 2.11 bits per heavy atom. The van der Waals surface area contributed by atoms with Crippen molar-refractivity contribution in [1.82, 2.24) is 4.90 Å². The molecule has 6 nitrogen and oxygen atoms in total. The summed E-state index contributed by atoms with van der Waals surface area (Å²) in [6.45, 7) is 1.05. The zero-order valence-corrected chi connectivity index (χ0v) is 10.1. The van der Waals surface area contributed by atoms with E-state index in [0.29, 0.717) is 5.69 Å². The summed E-state index contributed by atoms with van der Waals surface area (Å²) in [5.41, 5.74) is 1.83. The van der Waals surface area contributed by atoms with Gasteiger partial charge in [-0.3, -0.25) is 10.1 Å². The van der Waals surface area contributed by atoms with Crippen molar-refractivity contribution in [3.05, 3.63) is 46.3 Å². The second kappa shape index (κ2) is 5.39. The van der Waals surface area contributed by atoms with Crippen LogP contribution in [0.4, 0.5) is 11.4 Å². The highest BCUT2D eigenvalue weighted by Crippen LogP contribution is 2.20. The molecule has 94 valence electrons. The first-order valence-corrected chi connectivity index (χ1v) is 5.72. The average molecular weight is 246 g/mol. The van der Waals surface area contributed by atoms with E-state index >= 15 is 0 Å². The molecule has 1 saturated heterocycles. The van der Waals surface area contributed by atoms with Crippen LogP contribution in [0.5, 0.6) is 0 Å². The minimum absolute atomic E-state index is 0.0582. The maximum Gasteiger partial charge on any atom is 0.269 e. The summed E-state index contributed by atoms with van der Waals surface area (Å²) in [7, 11) is 2.03. The molecule has 18 heavy (non-hydrogen) atoms. The SMILES string of the molecule is CN1CCC/C1=C\N=Nc1ccc([N+](=O)[O-])cc1. The van der Waals surface area contributed by atoms with Gasteiger partial charge in [-0.15, -0.1) is 0 Å². The molecular formula is C12H14N4O2. The summed E-state index contributed by atoms with van der Waals surface area (Å²) < 4.78 is 0. The van der Waals surface area contributed by atoms with Gasteiger partial charge in [0, 0.05) is 31.4 Å². The minimum Gasteiger partial charge on any atom is -0.377 e. The van der Waals surface area contributed by atoms with E-state index in [1.54, 1.807) is 18.3 Å². The maximum atomic E-state index is 10.5. The Balaban J connectivity index is 2.03. The molecule has 1 fully saturated rings. The van der Waals surface area contributed by atoms with Crippen LogP contribution >= 0.6 is 0 Å². The molecule has 0 amide bonds. The van der Waals surface area contributed by atoms with Gasteiger partial charge in [-0.25, -0.2) is 0 Å². The Kier molecular flexibility index (Phi) is 3.66. The number of azo groups is 1. The predicted octanol–water partition coefficient (Wildman–Crippen LogP) is 3.25. The smallest absolute Gasteiger partial charge is 0.269 e. The van der Waals surface area contributed by atoms with Gasteiger partial charge in [-0.1, -0.05) is 0 Å². The van der Waals surface area contributed by atoms with Crippen molar-refractivity contribution >= 4 is 11.4 Å². The van der Waals surface area contributed by atoms with Crippen LogP contribution in [0, 0.1) is 10.1 Å². The first-order chi connectivity index (χ1) is 8.66. The lowest BCUT2D eigenvalue weighted by atomic mass is 10.3. The monoisotopic (exact) mass is 246 g/mol. The molecule has 1 aromatic carbocycles. The molecule has 6 heteroatoms. The molecule has 0 atom stereocenters. The van der Waals surface area contributed by atoms with Gasteiger partial charge >= 0.3 is 0 Å². The molecule has 0 bridgehead atoms. The van der Waals surface area contributed by atoms with E-state index in [1.807, 2.05) is 7.05 Å². The zero-order valence-electron chi connectivity index (χ0n) is 10.1. The number of likely N-dealkylation sites (tertiary alicyclic amines) is 1. The summed E-state index contributed by atoms with van der Waals surface area (Å²) >= 11 is 0. The highest BCUT2D eigenvalue weighted by atomic mass is 16.6. The molecular weight excluding hydrogens is 232 g/mol. The van der Waals surface area contributed by atoms with Crippen LogP contribution in [-0.4, -0.2) is 23.4 Å². The second-order valence-corrected chi connectivity index (χ2v) is 4.13. The minimum atomic E-state index is -0.434. The summed E-state index contributed by atoms with van der Waals surface area (Å²) in [5, 5.41) is 18.5. The maximum absolute atomic E-state index is 10.5. The van der Waals surface area contributed by atoms with Crippen molar-refractivity contribution in [2.75, 3.05) is 13.6 Å². The lowest BCUT2D eigenvalue weighted by Crippen LogP contribution is -2.09. The molecule has 0 aliphatic carbocycles. The van der Waals surface area contributed by atoms with Gasteiger partial charge in [0.15, 0.2) is 0 Å². The number of nitro groups is 1. The van der Waals surface area contributed by atoms with E-state index in [4.69, 9.17) is 0 Å². The first kappa shape index (κ1) is 12.2. The van der Waals surface area contributed by atoms with Crippen LogP contribution in [-0.2, 0) is 0 Å². The van der Waals surface area contributed by atoms with Gasteiger partial charge in [0.05, 0.1) is 16.8 Å². The number of nitrogens with zero attached hydrogens (tertiary/aromatic N) is 4. The Morgan fingerprint density at radius 1 is 1.39 bits per heavy atom. The van der Waals surface area contributed by atoms with Gasteiger partial charge in [-0.05, 0) is 25.0 Å². The molecule has 2 rings (SSSR count). The van der Waals surface area contributed by atoms with Crippen molar-refractivity contribution in [2.45, 2.75) is 12.8 Å². The fourth-order valence-electron chi connectivity index (χ4n) is 1.80. The molecule has 1 aliphatic heterocycles. The number of non-ortho nitro benzene ring substituents is 1. The van der Waals surface area contributed by atoms with E-state index < -0.39 is 4.92 Å². The Morgan fingerprint density at radius 3 is 2.67 bits per heavy atom. The first-order valence-electron chi connectivity index (χ1n) is 5.72. The van der Waals surface area contributed by atoms with Crippen molar-refractivity contribution in [3.63, 3.8) is 0 Å². The largest absolute Gasteiger partial charge is 0.377 e. The molecule has 1 aromatic rings. The second-order valence-electron chi connectivity index (χ2n) is 4.13. The quantitative estimate of drug-likeness (QED) is 0.467. The zero-order chi connectivity index (χ0) is 13.0. The molecule has 0 aromatic heterocycles. The van der Waals surface area contributed by atoms with Crippen molar-refractivity contribution in [1.29, 1.82) is 0 Å². The Hall–Kier alpha value is -2.24. The summed E-state index contributed by atoms with van der Waals surface area (Å²) in [6.07, 6.45) is 3.92. The van der Waals surface area contributed by atoms with Crippen molar-refractivity contribution in [2.24, 2.45) is 10.2 Å². The number of nitro benzene ring substituents is 1. The average Bonchev–Trinajstić information content (AvgIpc) is 2.76. The normalized spacial score (nSPS) is 17.8. The number of hydrogen-bond acceptors (Lipinski definition) is 5. The van der Waals surface area contributed by atoms with E-state index in [1.165, 1.54) is 17.8 Å². The molecule has 0 N–H and O–H groups in total. The molecule has 0 radical (unpaired) electrons. The molecule has 1 aliphatic rings. The molecule has 1 heterocycles. The summed E-state index contributed by atoms with van der Waals surface area (Å²) in [5.74, 6) is 0. The highest BCUT2D eigenvalue weighted by molar-refractivity contribution is 5.43. The summed E-state index contributed by atoms with van der Waals surface area (Å²) in [4.78, 5) is 12.2. The van der Waals surface area contributed by atoms with Crippen LogP contribution < -0.4 is 0 Å². The van der Waals surface area contributed by atoms with Gasteiger partial charge in [-0.2, -0.15) is 10.2 Å². The number of rotatable bonds is 3. The standard InChI is InChI=1S/C12H14N4O2/c1-15-8-2-3-12(15)9-13-14-10-4-6-11(7-5-10)16(17)18/h4-7,9H,2-3,8H2,1H3/b12-9+,14-13?. The van der Waals surface area contributed by atoms with Crippen LogP contribution in [0.25, 0.3) is 0 Å². The van der Waals surface area contributed by atoms with Crippen molar-refractivity contribution in [3.8, 4) is 0 Å². The van der Waals surface area contributed by atoms with Gasteiger partial charge in [0.1, 0.15) is 0 Å². The van der Waals surface area contributed by atoms with E-state index in [2.05, 4.69) is 15.1 Å². The lowest BCUT2D eigenvalue weighted by Gasteiger charge is -2.10. The van der Waals surface area contributed by atoms with E-state index in [9.17, 15) is 10.1 Å². The molecule has 0 saturated carbocycles. The fourth-order valence-corrected chi connectivity index (χ4v) is 1.80. The summed E-state index contributed by atoms with van der Waals surface area (Å²) in [6, 6.07) is 6.00. The third kappa shape index (κ3) is 2.91. The third-order valence-electron chi connectivity index (χ3n) is 2.86. The molecule has 0 unspecified atom stereocenters. The highest BCUT2D eigenvalue weighted by Gasteiger charge is 2.11. The van der Waals surface area contributed by atoms with Gasteiger partial charge < -0.3 is 4.90 Å². The van der Waals surface area contributed by atoms with Crippen LogP contribution in [0.15, 0.2) is 46.4 Å².